The standard InChI is InChI=1S/C8H10F2O2/c1-12-8(10)3-6(5-11)2-7(9)4-8/h3-4,11H,2,5H2,1H3. The molecule has 1 atom stereocenters. The highest BCUT2D eigenvalue weighted by atomic mass is 19.2. The molecule has 0 aromatic carbocycles. The lowest BCUT2D eigenvalue weighted by molar-refractivity contribution is -0.0411. The summed E-state index contributed by atoms with van der Waals surface area (Å²) < 4.78 is 30.4. The van der Waals surface area contributed by atoms with Crippen molar-refractivity contribution in [2.45, 2.75) is 12.3 Å². The predicted molar refractivity (Wildman–Crippen MR) is 39.8 cm³/mol. The van der Waals surface area contributed by atoms with E-state index in [1.807, 2.05) is 0 Å². The minimum absolute atomic E-state index is 0.0362. The number of aliphatic hydroxyl groups excluding tert-OH is 1. The quantitative estimate of drug-likeness (QED) is 0.645. The van der Waals surface area contributed by atoms with E-state index in [9.17, 15) is 8.78 Å². The third kappa shape index (κ3) is 1.89. The molecule has 0 aromatic rings. The van der Waals surface area contributed by atoms with Gasteiger partial charge in [-0.2, -0.15) is 0 Å². The minimum Gasteiger partial charge on any atom is -0.392 e. The Labute approximate surface area is 69.1 Å². The third-order valence-corrected chi connectivity index (χ3v) is 1.67. The molecule has 1 unspecified atom stereocenters. The fraction of sp³-hybridized carbons (Fsp3) is 0.500. The fourth-order valence-electron chi connectivity index (χ4n) is 1.07. The predicted octanol–water partition coefficient (Wildman–Crippen LogP) is 1.47. The molecular weight excluding hydrogens is 166 g/mol. The van der Waals surface area contributed by atoms with Crippen LogP contribution >= 0.6 is 0 Å². The Hall–Kier alpha value is -0.740. The van der Waals surface area contributed by atoms with Crippen molar-refractivity contribution in [3.63, 3.8) is 0 Å². The van der Waals surface area contributed by atoms with Crippen LogP contribution in [0.2, 0.25) is 0 Å². The van der Waals surface area contributed by atoms with Crippen molar-refractivity contribution in [2.75, 3.05) is 13.7 Å². The molecule has 1 N–H and O–H groups in total. The second-order valence-electron chi connectivity index (χ2n) is 2.63. The van der Waals surface area contributed by atoms with E-state index >= 15 is 0 Å². The number of ether oxygens (including phenoxy) is 1. The second-order valence-corrected chi connectivity index (χ2v) is 2.63. The number of alkyl halides is 1. The van der Waals surface area contributed by atoms with Gasteiger partial charge in [0.15, 0.2) is 0 Å². The van der Waals surface area contributed by atoms with Gasteiger partial charge in [0.2, 0.25) is 0 Å². The molecule has 0 fully saturated rings. The van der Waals surface area contributed by atoms with Crippen LogP contribution in [0.15, 0.2) is 23.6 Å². The highest BCUT2D eigenvalue weighted by Gasteiger charge is 2.29. The van der Waals surface area contributed by atoms with Gasteiger partial charge in [-0.05, 0) is 11.6 Å². The molecule has 0 heterocycles. The second kappa shape index (κ2) is 3.33. The lowest BCUT2D eigenvalue weighted by atomic mass is 10.0. The number of aliphatic hydroxyl groups is 1. The van der Waals surface area contributed by atoms with Crippen molar-refractivity contribution in [3.8, 4) is 0 Å². The van der Waals surface area contributed by atoms with Gasteiger partial charge in [-0.25, -0.2) is 8.78 Å². The highest BCUT2D eigenvalue weighted by Crippen LogP contribution is 2.29. The first-order valence-electron chi connectivity index (χ1n) is 3.52. The number of methoxy groups -OCH3 is 1. The number of hydrogen-bond acceptors (Lipinski definition) is 2. The van der Waals surface area contributed by atoms with Gasteiger partial charge in [-0.3, -0.25) is 0 Å². The minimum atomic E-state index is -2.19. The zero-order valence-electron chi connectivity index (χ0n) is 6.68. The maximum absolute atomic E-state index is 13.3. The summed E-state index contributed by atoms with van der Waals surface area (Å²) in [6.07, 6.45) is 1.80. The summed E-state index contributed by atoms with van der Waals surface area (Å²) >= 11 is 0. The van der Waals surface area contributed by atoms with E-state index in [-0.39, 0.29) is 13.0 Å². The summed E-state index contributed by atoms with van der Waals surface area (Å²) in [5, 5.41) is 8.65. The van der Waals surface area contributed by atoms with E-state index in [1.165, 1.54) is 0 Å². The first kappa shape index (κ1) is 9.35. The number of halogens is 2. The van der Waals surface area contributed by atoms with Gasteiger partial charge in [0.1, 0.15) is 5.83 Å². The molecule has 0 aliphatic heterocycles. The van der Waals surface area contributed by atoms with Gasteiger partial charge in [0, 0.05) is 19.6 Å². The Morgan fingerprint density at radius 1 is 1.67 bits per heavy atom. The van der Waals surface area contributed by atoms with E-state index in [0.29, 0.717) is 5.57 Å². The van der Waals surface area contributed by atoms with Crippen LogP contribution in [0.1, 0.15) is 6.42 Å². The first-order valence-corrected chi connectivity index (χ1v) is 3.52. The van der Waals surface area contributed by atoms with Crippen LogP contribution in [-0.2, 0) is 4.74 Å². The third-order valence-electron chi connectivity index (χ3n) is 1.67. The summed E-state index contributed by atoms with van der Waals surface area (Å²) in [4.78, 5) is 0. The van der Waals surface area contributed by atoms with Crippen molar-refractivity contribution in [3.05, 3.63) is 23.6 Å². The van der Waals surface area contributed by atoms with Crippen molar-refractivity contribution in [2.24, 2.45) is 0 Å². The van der Waals surface area contributed by atoms with E-state index in [2.05, 4.69) is 4.74 Å². The van der Waals surface area contributed by atoms with Crippen molar-refractivity contribution in [1.29, 1.82) is 0 Å². The maximum Gasteiger partial charge on any atom is 0.250 e. The molecule has 4 heteroatoms. The summed E-state index contributed by atoms with van der Waals surface area (Å²) in [6.45, 7) is -0.351. The highest BCUT2D eigenvalue weighted by molar-refractivity contribution is 5.26. The first-order chi connectivity index (χ1) is 5.59. The zero-order chi connectivity index (χ0) is 9.19. The molecule has 0 saturated heterocycles. The average molecular weight is 176 g/mol. The monoisotopic (exact) mass is 176 g/mol. The van der Waals surface area contributed by atoms with Crippen molar-refractivity contribution < 1.29 is 18.6 Å². The molecule has 0 amide bonds. The molecule has 0 saturated carbocycles. The lowest BCUT2D eigenvalue weighted by Crippen LogP contribution is -2.23. The molecule has 68 valence electrons. The zero-order valence-corrected chi connectivity index (χ0v) is 6.68. The molecule has 0 bridgehead atoms. The lowest BCUT2D eigenvalue weighted by Gasteiger charge is -2.21. The average Bonchev–Trinajstić information content (AvgIpc) is 2.03. The number of rotatable bonds is 2. The van der Waals surface area contributed by atoms with Crippen LogP contribution in [0.25, 0.3) is 0 Å². The Morgan fingerprint density at radius 2 is 2.33 bits per heavy atom. The van der Waals surface area contributed by atoms with E-state index < -0.39 is 11.7 Å². The summed E-state index contributed by atoms with van der Waals surface area (Å²) in [5.41, 5.74) is 0.291. The van der Waals surface area contributed by atoms with Gasteiger partial charge in [-0.15, -0.1) is 0 Å². The van der Waals surface area contributed by atoms with Crippen molar-refractivity contribution >= 4 is 0 Å². The van der Waals surface area contributed by atoms with Crippen LogP contribution in [-0.4, -0.2) is 24.7 Å². The smallest absolute Gasteiger partial charge is 0.250 e. The van der Waals surface area contributed by atoms with E-state index in [1.54, 1.807) is 0 Å². The maximum atomic E-state index is 13.3. The normalized spacial score (nSPS) is 29.7. The molecule has 1 aliphatic carbocycles. The molecule has 0 radical (unpaired) electrons. The Morgan fingerprint density at radius 3 is 2.83 bits per heavy atom. The van der Waals surface area contributed by atoms with Crippen LogP contribution in [0, 0.1) is 0 Å². The van der Waals surface area contributed by atoms with E-state index in [0.717, 1.165) is 19.3 Å². The van der Waals surface area contributed by atoms with E-state index in [4.69, 9.17) is 5.11 Å². The molecule has 1 rings (SSSR count). The van der Waals surface area contributed by atoms with Crippen LogP contribution in [0.3, 0.4) is 0 Å². The number of hydrogen-bond donors (Lipinski definition) is 1. The van der Waals surface area contributed by atoms with Crippen LogP contribution in [0.4, 0.5) is 8.78 Å². The Bertz CT molecular complexity index is 235. The summed E-state index contributed by atoms with van der Waals surface area (Å²) in [6, 6.07) is 0. The van der Waals surface area contributed by atoms with Gasteiger partial charge < -0.3 is 9.84 Å². The number of allylic oxidation sites excluding steroid dienone is 1. The van der Waals surface area contributed by atoms with Gasteiger partial charge >= 0.3 is 0 Å². The Balaban J connectivity index is 2.87. The molecule has 1 aliphatic rings. The molecule has 0 aromatic heterocycles. The molecule has 2 nitrogen and oxygen atoms in total. The fourth-order valence-corrected chi connectivity index (χ4v) is 1.07. The molecular formula is C8H10F2O2. The van der Waals surface area contributed by atoms with Gasteiger partial charge in [0.05, 0.1) is 6.61 Å². The summed E-state index contributed by atoms with van der Waals surface area (Å²) in [7, 11) is 1.14. The van der Waals surface area contributed by atoms with Crippen LogP contribution < -0.4 is 0 Å². The molecule has 12 heavy (non-hydrogen) atoms. The largest absolute Gasteiger partial charge is 0.392 e. The Kier molecular flexibility index (Phi) is 2.59. The van der Waals surface area contributed by atoms with Crippen LogP contribution in [0.5, 0.6) is 0 Å². The van der Waals surface area contributed by atoms with Gasteiger partial charge in [0.25, 0.3) is 5.85 Å². The SMILES string of the molecule is COC1(F)C=C(F)CC(CO)=C1. The van der Waals surface area contributed by atoms with Gasteiger partial charge in [-0.1, -0.05) is 0 Å². The topological polar surface area (TPSA) is 29.5 Å². The molecule has 0 spiro atoms. The summed E-state index contributed by atoms with van der Waals surface area (Å²) in [5.74, 6) is -2.81. The van der Waals surface area contributed by atoms with Crippen molar-refractivity contribution in [1.82, 2.24) is 0 Å².